The predicted molar refractivity (Wildman–Crippen MR) is 177 cm³/mol. The van der Waals surface area contributed by atoms with Gasteiger partial charge in [0.25, 0.3) is 0 Å². The minimum absolute atomic E-state index is 0.0390. The van der Waals surface area contributed by atoms with E-state index in [0.29, 0.717) is 30.8 Å². The van der Waals surface area contributed by atoms with E-state index in [1.165, 1.54) is 5.56 Å². The van der Waals surface area contributed by atoms with Gasteiger partial charge in [-0.05, 0) is 86.1 Å². The topological polar surface area (TPSA) is 73.0 Å². The molecule has 1 amide bonds. The van der Waals surface area contributed by atoms with E-state index < -0.39 is 10.0 Å². The summed E-state index contributed by atoms with van der Waals surface area (Å²) in [6.07, 6.45) is 1.00. The van der Waals surface area contributed by atoms with Crippen molar-refractivity contribution in [2.45, 2.75) is 58.5 Å². The quantitative estimate of drug-likeness (QED) is 0.317. The van der Waals surface area contributed by atoms with Gasteiger partial charge in [-0.1, -0.05) is 58.4 Å². The highest BCUT2D eigenvalue weighted by Gasteiger charge is 2.34. The Morgan fingerprint density at radius 1 is 0.814 bits per heavy atom. The fourth-order valence-corrected chi connectivity index (χ4v) is 8.69. The molecule has 0 radical (unpaired) electrons. The van der Waals surface area contributed by atoms with Gasteiger partial charge in [-0.2, -0.15) is 4.31 Å². The van der Waals surface area contributed by atoms with Crippen LogP contribution in [0, 0.1) is 33.6 Å². The first kappa shape index (κ1) is 31.9. The Labute approximate surface area is 265 Å². The smallest absolute Gasteiger partial charge is 0.243 e. The third-order valence-electron chi connectivity index (χ3n) is 9.16. The number of anilines is 1. The van der Waals surface area contributed by atoms with Crippen LogP contribution >= 0.6 is 15.9 Å². The van der Waals surface area contributed by atoms with Gasteiger partial charge in [0.1, 0.15) is 0 Å². The number of nitrogens with one attached hydrogen (secondary N) is 1. The molecular weight excluding hydrogens is 624 g/mol. The number of carbonyl (C=O) groups is 1. The van der Waals surface area contributed by atoms with Crippen molar-refractivity contribution in [3.63, 3.8) is 0 Å². The summed E-state index contributed by atoms with van der Waals surface area (Å²) in [6.45, 7) is 14.1. The van der Waals surface area contributed by atoms with Crippen LogP contribution in [0.15, 0.2) is 64.0 Å². The summed E-state index contributed by atoms with van der Waals surface area (Å²) in [7, 11) is -3.64. The molecule has 2 saturated heterocycles. The van der Waals surface area contributed by atoms with E-state index in [-0.39, 0.29) is 11.8 Å². The van der Waals surface area contributed by atoms with Gasteiger partial charge in [0.15, 0.2) is 0 Å². The number of piperidine rings is 1. The van der Waals surface area contributed by atoms with E-state index in [0.717, 1.165) is 77.2 Å². The summed E-state index contributed by atoms with van der Waals surface area (Å²) in [5, 5.41) is 3.20. The molecule has 0 aliphatic carbocycles. The molecule has 3 aromatic carbocycles. The van der Waals surface area contributed by atoms with Crippen LogP contribution < -0.4 is 5.32 Å². The van der Waals surface area contributed by atoms with E-state index in [1.807, 2.05) is 45.9 Å². The number of hydrogen-bond acceptors (Lipinski definition) is 5. The maximum atomic E-state index is 13.7. The van der Waals surface area contributed by atoms with E-state index in [9.17, 15) is 13.2 Å². The van der Waals surface area contributed by atoms with Gasteiger partial charge in [-0.3, -0.25) is 14.6 Å². The number of carbonyl (C=O) groups excluding carboxylic acids is 1. The number of rotatable bonds is 8. The van der Waals surface area contributed by atoms with Crippen LogP contribution in [0.1, 0.15) is 46.2 Å². The van der Waals surface area contributed by atoms with Crippen LogP contribution in [-0.4, -0.2) is 67.7 Å². The molecule has 9 heteroatoms. The zero-order valence-corrected chi connectivity index (χ0v) is 28.1. The highest BCUT2D eigenvalue weighted by Crippen LogP contribution is 2.32. The summed E-state index contributed by atoms with van der Waals surface area (Å²) in [4.78, 5) is 18.8. The number of halogens is 1. The van der Waals surface area contributed by atoms with Gasteiger partial charge in [0, 0.05) is 68.4 Å². The Morgan fingerprint density at radius 3 is 2.00 bits per heavy atom. The molecule has 5 rings (SSSR count). The van der Waals surface area contributed by atoms with Crippen molar-refractivity contribution < 1.29 is 13.2 Å². The third kappa shape index (κ3) is 7.40. The number of benzene rings is 3. The lowest BCUT2D eigenvalue weighted by Gasteiger charge is -2.35. The lowest BCUT2D eigenvalue weighted by atomic mass is 9.97. The summed E-state index contributed by atoms with van der Waals surface area (Å²) < 4.78 is 29.9. The van der Waals surface area contributed by atoms with Crippen molar-refractivity contribution in [2.24, 2.45) is 5.92 Å². The fourth-order valence-electron chi connectivity index (χ4n) is 6.28. The minimum atomic E-state index is -3.64. The minimum Gasteiger partial charge on any atom is -0.326 e. The Balaban J connectivity index is 1.19. The Morgan fingerprint density at radius 2 is 1.40 bits per heavy atom. The third-order valence-corrected chi connectivity index (χ3v) is 11.8. The maximum Gasteiger partial charge on any atom is 0.243 e. The molecule has 0 aromatic heterocycles. The molecule has 43 heavy (non-hydrogen) atoms. The molecule has 2 aliphatic rings. The van der Waals surface area contributed by atoms with E-state index in [4.69, 9.17) is 0 Å². The molecule has 2 aliphatic heterocycles. The number of aryl methyl sites for hydroxylation is 2. The number of hydrogen-bond donors (Lipinski definition) is 1. The molecule has 2 fully saturated rings. The van der Waals surface area contributed by atoms with Crippen molar-refractivity contribution in [2.75, 3.05) is 44.6 Å². The number of piperazine rings is 1. The summed E-state index contributed by atoms with van der Waals surface area (Å²) in [5.74, 6) is -0.274. The maximum absolute atomic E-state index is 13.7. The SMILES string of the molecule is Cc1cc(C)c(C)c(S(=O)(=O)N2CCC(C(=O)Nc3cc(Br)ccc3CN3CCN(Cc4ccccc4)CC3)CC2)c1C. The van der Waals surface area contributed by atoms with E-state index in [1.54, 1.807) is 4.31 Å². The normalized spacial score (nSPS) is 17.7. The molecule has 0 unspecified atom stereocenters. The van der Waals surface area contributed by atoms with Gasteiger partial charge in [-0.25, -0.2) is 8.42 Å². The van der Waals surface area contributed by atoms with Crippen LogP contribution in [0.25, 0.3) is 0 Å². The second kappa shape index (κ2) is 13.6. The van der Waals surface area contributed by atoms with Crippen molar-refractivity contribution >= 4 is 37.5 Å². The molecule has 2 heterocycles. The van der Waals surface area contributed by atoms with Crippen molar-refractivity contribution in [1.29, 1.82) is 0 Å². The molecule has 1 N–H and O–H groups in total. The average molecular weight is 668 g/mol. The van der Waals surface area contributed by atoms with Gasteiger partial charge in [0.2, 0.25) is 15.9 Å². The Bertz CT molecular complexity index is 1540. The lowest BCUT2D eigenvalue weighted by Crippen LogP contribution is -2.45. The largest absolute Gasteiger partial charge is 0.326 e. The van der Waals surface area contributed by atoms with E-state index >= 15 is 0 Å². The fraction of sp³-hybridized carbons (Fsp3) is 0.441. The number of sulfonamides is 1. The van der Waals surface area contributed by atoms with Crippen LogP contribution in [-0.2, 0) is 27.9 Å². The summed E-state index contributed by atoms with van der Waals surface area (Å²) in [5.41, 5.74) is 6.83. The van der Waals surface area contributed by atoms with Gasteiger partial charge in [0.05, 0.1) is 4.90 Å². The Hall–Kier alpha value is -2.56. The van der Waals surface area contributed by atoms with Gasteiger partial charge < -0.3 is 5.32 Å². The lowest BCUT2D eigenvalue weighted by molar-refractivity contribution is -0.120. The molecule has 7 nitrogen and oxygen atoms in total. The van der Waals surface area contributed by atoms with Crippen LogP contribution in [0.4, 0.5) is 5.69 Å². The second-order valence-electron chi connectivity index (χ2n) is 12.1. The highest BCUT2D eigenvalue weighted by atomic mass is 79.9. The van der Waals surface area contributed by atoms with Gasteiger partial charge >= 0.3 is 0 Å². The zero-order chi connectivity index (χ0) is 30.7. The number of amides is 1. The monoisotopic (exact) mass is 666 g/mol. The van der Waals surface area contributed by atoms with Gasteiger partial charge in [-0.15, -0.1) is 0 Å². The van der Waals surface area contributed by atoms with Crippen molar-refractivity contribution in [3.05, 3.63) is 92.5 Å². The molecule has 3 aromatic rings. The predicted octanol–water partition coefficient (Wildman–Crippen LogP) is 6.04. The number of nitrogens with zero attached hydrogens (tertiary/aromatic N) is 3. The molecule has 0 bridgehead atoms. The first-order valence-electron chi connectivity index (χ1n) is 15.2. The zero-order valence-electron chi connectivity index (χ0n) is 25.7. The molecular formula is C34H43BrN4O3S. The van der Waals surface area contributed by atoms with Crippen LogP contribution in [0.3, 0.4) is 0 Å². The van der Waals surface area contributed by atoms with E-state index in [2.05, 4.69) is 67.4 Å². The molecule has 0 saturated carbocycles. The second-order valence-corrected chi connectivity index (χ2v) is 14.9. The molecule has 230 valence electrons. The first-order chi connectivity index (χ1) is 20.5. The standard InChI is InChI=1S/C34H43BrN4O3S/c1-24-20-25(2)27(4)33(26(24)3)43(41,42)39-14-12-29(13-15-39)34(40)36-32-21-31(35)11-10-30(32)23-38-18-16-37(17-19-38)22-28-8-6-5-7-9-28/h5-11,20-21,29H,12-19,22-23H2,1-4H3,(H,36,40). The van der Waals surface area contributed by atoms with Crippen LogP contribution in [0.5, 0.6) is 0 Å². The average Bonchev–Trinajstić information content (AvgIpc) is 2.99. The van der Waals surface area contributed by atoms with Crippen molar-refractivity contribution in [1.82, 2.24) is 14.1 Å². The van der Waals surface area contributed by atoms with Crippen molar-refractivity contribution in [3.8, 4) is 0 Å². The molecule has 0 atom stereocenters. The highest BCUT2D eigenvalue weighted by molar-refractivity contribution is 9.10. The Kier molecular flexibility index (Phi) is 10.1. The van der Waals surface area contributed by atoms with Crippen LogP contribution in [0.2, 0.25) is 0 Å². The molecule has 0 spiro atoms. The summed E-state index contributed by atoms with van der Waals surface area (Å²) in [6, 6.07) is 18.7. The summed E-state index contributed by atoms with van der Waals surface area (Å²) >= 11 is 3.58. The first-order valence-corrected chi connectivity index (χ1v) is 17.4.